The summed E-state index contributed by atoms with van der Waals surface area (Å²) in [5, 5.41) is 17.7. The van der Waals surface area contributed by atoms with Crippen LogP contribution in [0.5, 0.6) is 0 Å². The zero-order chi connectivity index (χ0) is 16.5. The molecule has 8 nitrogen and oxygen atoms in total. The first-order valence-electron chi connectivity index (χ1n) is 7.04. The van der Waals surface area contributed by atoms with Gasteiger partial charge in [0.05, 0.1) is 5.52 Å². The van der Waals surface area contributed by atoms with E-state index >= 15 is 0 Å². The van der Waals surface area contributed by atoms with Gasteiger partial charge in [-0.05, 0) is 18.2 Å². The van der Waals surface area contributed by atoms with Crippen LogP contribution in [0.1, 0.15) is 5.69 Å². The lowest BCUT2D eigenvalue weighted by atomic mass is 10.1. The molecular weight excluding hydrogens is 304 g/mol. The average Bonchev–Trinajstić information content (AvgIpc) is 3.15. The third-order valence-electron chi connectivity index (χ3n) is 3.55. The van der Waals surface area contributed by atoms with Gasteiger partial charge in [0.1, 0.15) is 24.4 Å². The maximum Gasteiger partial charge on any atom is 0.183 e. The molecule has 0 radical (unpaired) electrons. The van der Waals surface area contributed by atoms with Crippen molar-refractivity contribution >= 4 is 16.7 Å². The second kappa shape index (κ2) is 5.40. The average molecular weight is 314 g/mol. The van der Waals surface area contributed by atoms with Crippen molar-refractivity contribution < 1.29 is 0 Å². The Morgan fingerprint density at radius 3 is 2.71 bits per heavy atom. The van der Waals surface area contributed by atoms with Crippen LogP contribution in [-0.4, -0.2) is 29.7 Å². The van der Waals surface area contributed by atoms with Crippen LogP contribution in [0.25, 0.3) is 28.0 Å². The summed E-state index contributed by atoms with van der Waals surface area (Å²) in [6.45, 7) is 0. The van der Waals surface area contributed by atoms with E-state index in [1.165, 1.54) is 12.7 Å². The van der Waals surface area contributed by atoms with E-state index in [0.717, 1.165) is 16.5 Å². The van der Waals surface area contributed by atoms with E-state index < -0.39 is 0 Å². The highest BCUT2D eigenvalue weighted by Crippen LogP contribution is 2.27. The van der Waals surface area contributed by atoms with Gasteiger partial charge >= 0.3 is 0 Å². The Kier molecular flexibility index (Phi) is 3.10. The maximum absolute atomic E-state index is 9.21. The summed E-state index contributed by atoms with van der Waals surface area (Å²) >= 11 is 0. The van der Waals surface area contributed by atoms with Gasteiger partial charge in [0.25, 0.3) is 0 Å². The van der Waals surface area contributed by atoms with Crippen LogP contribution >= 0.6 is 0 Å². The predicted octanol–water partition coefficient (Wildman–Crippen LogP) is 1.73. The second-order valence-electron chi connectivity index (χ2n) is 5.02. The van der Waals surface area contributed by atoms with Crippen LogP contribution in [-0.2, 0) is 0 Å². The minimum absolute atomic E-state index is 0.0624. The minimum Gasteiger partial charge on any atom is -0.381 e. The van der Waals surface area contributed by atoms with E-state index in [0.29, 0.717) is 11.5 Å². The zero-order valence-corrected chi connectivity index (χ0v) is 12.3. The molecule has 2 N–H and O–H groups in total. The molecule has 0 aliphatic heterocycles. The Bertz CT molecular complexity index is 1080. The number of benzene rings is 1. The van der Waals surface area contributed by atoms with E-state index in [2.05, 4.69) is 25.1 Å². The highest BCUT2D eigenvalue weighted by Gasteiger charge is 2.16. The quantitative estimate of drug-likeness (QED) is 0.598. The van der Waals surface area contributed by atoms with Crippen LogP contribution in [0, 0.1) is 11.3 Å². The summed E-state index contributed by atoms with van der Waals surface area (Å²) < 4.78 is 1.60. The number of hydrogen-bond donors (Lipinski definition) is 1. The summed E-state index contributed by atoms with van der Waals surface area (Å²) in [5.41, 5.74) is 8.08. The first kappa shape index (κ1) is 13.8. The number of nitrogens with zero attached hydrogens (tertiary/aromatic N) is 7. The van der Waals surface area contributed by atoms with Crippen molar-refractivity contribution in [3.63, 3.8) is 0 Å². The first-order valence-corrected chi connectivity index (χ1v) is 7.04. The highest BCUT2D eigenvalue weighted by atomic mass is 15.3. The largest absolute Gasteiger partial charge is 0.381 e. The summed E-state index contributed by atoms with van der Waals surface area (Å²) in [7, 11) is 0. The molecule has 0 saturated heterocycles. The zero-order valence-electron chi connectivity index (χ0n) is 12.3. The monoisotopic (exact) mass is 314 g/mol. The molecule has 3 aromatic heterocycles. The van der Waals surface area contributed by atoms with Crippen LogP contribution < -0.4 is 5.73 Å². The molecule has 3 heterocycles. The lowest BCUT2D eigenvalue weighted by Crippen LogP contribution is -2.07. The van der Waals surface area contributed by atoms with E-state index in [-0.39, 0.29) is 11.5 Å². The molecule has 0 amide bonds. The van der Waals surface area contributed by atoms with E-state index in [1.807, 2.05) is 36.4 Å². The number of nitrogen functional groups attached to an aromatic ring is 1. The number of pyridine rings is 1. The standard InChI is InChI=1S/C16H10N8/c17-7-13-15(18)23-16(24-8-20-21-9-24)14(22-13)11-3-4-12-10(6-11)2-1-5-19-12/h1-6,8-9H,(H2,18,23). The van der Waals surface area contributed by atoms with Gasteiger partial charge in [-0.3, -0.25) is 9.55 Å². The van der Waals surface area contributed by atoms with Crippen LogP contribution in [0.3, 0.4) is 0 Å². The van der Waals surface area contributed by atoms with Crippen molar-refractivity contribution in [1.29, 1.82) is 5.26 Å². The molecule has 114 valence electrons. The molecule has 0 unspecified atom stereocenters. The summed E-state index contributed by atoms with van der Waals surface area (Å²) in [6, 6.07) is 11.5. The van der Waals surface area contributed by atoms with Gasteiger partial charge in [0.15, 0.2) is 17.3 Å². The third kappa shape index (κ3) is 2.21. The van der Waals surface area contributed by atoms with Crippen LogP contribution in [0.4, 0.5) is 5.82 Å². The van der Waals surface area contributed by atoms with Gasteiger partial charge in [-0.25, -0.2) is 9.97 Å². The molecular formula is C16H10N8. The van der Waals surface area contributed by atoms with Crippen molar-refractivity contribution in [2.45, 2.75) is 0 Å². The summed E-state index contributed by atoms with van der Waals surface area (Å²) in [6.07, 6.45) is 4.74. The van der Waals surface area contributed by atoms with Gasteiger partial charge in [-0.15, -0.1) is 10.2 Å². The number of nitriles is 1. The lowest BCUT2D eigenvalue weighted by Gasteiger charge is -2.10. The molecule has 0 atom stereocenters. The Hall–Kier alpha value is -3.86. The molecule has 0 bridgehead atoms. The van der Waals surface area contributed by atoms with Gasteiger partial charge < -0.3 is 5.73 Å². The maximum atomic E-state index is 9.21. The Balaban J connectivity index is 2.00. The number of rotatable bonds is 2. The third-order valence-corrected chi connectivity index (χ3v) is 3.55. The lowest BCUT2D eigenvalue weighted by molar-refractivity contribution is 0.973. The summed E-state index contributed by atoms with van der Waals surface area (Å²) in [5.74, 6) is 0.521. The topological polar surface area (TPSA) is 119 Å². The predicted molar refractivity (Wildman–Crippen MR) is 86.8 cm³/mol. The van der Waals surface area contributed by atoms with Crippen molar-refractivity contribution in [3.05, 3.63) is 54.9 Å². The number of anilines is 1. The SMILES string of the molecule is N#Cc1nc(-c2ccc3ncccc3c2)c(-n2cnnc2)nc1N. The molecule has 0 spiro atoms. The molecule has 0 aliphatic carbocycles. The van der Waals surface area contributed by atoms with Crippen molar-refractivity contribution in [1.82, 2.24) is 29.7 Å². The molecule has 24 heavy (non-hydrogen) atoms. The normalized spacial score (nSPS) is 10.6. The molecule has 0 fully saturated rings. The van der Waals surface area contributed by atoms with Crippen molar-refractivity contribution in [2.75, 3.05) is 5.73 Å². The van der Waals surface area contributed by atoms with Crippen molar-refractivity contribution in [3.8, 4) is 23.1 Å². The van der Waals surface area contributed by atoms with Crippen LogP contribution in [0.2, 0.25) is 0 Å². The van der Waals surface area contributed by atoms with Crippen molar-refractivity contribution in [2.24, 2.45) is 0 Å². The smallest absolute Gasteiger partial charge is 0.183 e. The molecule has 4 rings (SSSR count). The number of hydrogen-bond acceptors (Lipinski definition) is 7. The van der Waals surface area contributed by atoms with Crippen LogP contribution in [0.15, 0.2) is 49.2 Å². The second-order valence-corrected chi connectivity index (χ2v) is 5.02. The Morgan fingerprint density at radius 1 is 1.08 bits per heavy atom. The molecule has 0 saturated carbocycles. The molecule has 8 heteroatoms. The first-order chi connectivity index (χ1) is 11.8. The molecule has 0 aliphatic rings. The Morgan fingerprint density at radius 2 is 1.92 bits per heavy atom. The fourth-order valence-electron chi connectivity index (χ4n) is 2.43. The van der Waals surface area contributed by atoms with E-state index in [4.69, 9.17) is 5.73 Å². The number of fused-ring (bicyclic) bond motifs is 1. The fraction of sp³-hybridized carbons (Fsp3) is 0. The highest BCUT2D eigenvalue weighted by molar-refractivity contribution is 5.85. The molecule has 1 aromatic carbocycles. The van der Waals surface area contributed by atoms with Gasteiger partial charge in [0, 0.05) is 17.1 Å². The fourth-order valence-corrected chi connectivity index (χ4v) is 2.43. The molecule has 4 aromatic rings. The van der Waals surface area contributed by atoms with E-state index in [9.17, 15) is 5.26 Å². The number of aromatic nitrogens is 6. The van der Waals surface area contributed by atoms with E-state index in [1.54, 1.807) is 10.8 Å². The minimum atomic E-state index is 0.0624. The number of nitrogens with two attached hydrogens (primary N) is 1. The van der Waals surface area contributed by atoms with Gasteiger partial charge in [-0.2, -0.15) is 5.26 Å². The van der Waals surface area contributed by atoms with Gasteiger partial charge in [0.2, 0.25) is 0 Å². The Labute approximate surface area is 136 Å². The summed E-state index contributed by atoms with van der Waals surface area (Å²) in [4.78, 5) is 13.0. The van der Waals surface area contributed by atoms with Gasteiger partial charge in [-0.1, -0.05) is 12.1 Å².